The first-order chi connectivity index (χ1) is 7.68. The predicted octanol–water partition coefficient (Wildman–Crippen LogP) is 2.83. The minimum absolute atomic E-state index is 0.501. The molecule has 0 aromatic heterocycles. The molecule has 2 nitrogen and oxygen atoms in total. The lowest BCUT2D eigenvalue weighted by Crippen LogP contribution is -2.50. The van der Waals surface area contributed by atoms with E-state index in [1.807, 2.05) is 0 Å². The number of hydrogen-bond acceptors (Lipinski definition) is 2. The number of hydrogen-bond donors (Lipinski definition) is 1. The van der Waals surface area contributed by atoms with Crippen LogP contribution in [0.4, 0.5) is 0 Å². The molecule has 1 spiro atoms. The van der Waals surface area contributed by atoms with E-state index in [9.17, 15) is 0 Å². The summed E-state index contributed by atoms with van der Waals surface area (Å²) < 4.78 is 5.94. The summed E-state index contributed by atoms with van der Waals surface area (Å²) in [5, 5.41) is 3.56. The van der Waals surface area contributed by atoms with Crippen molar-refractivity contribution in [2.75, 3.05) is 19.7 Å². The van der Waals surface area contributed by atoms with E-state index in [2.05, 4.69) is 26.1 Å². The first kappa shape index (κ1) is 12.4. The van der Waals surface area contributed by atoms with Crippen LogP contribution in [-0.4, -0.2) is 25.8 Å². The van der Waals surface area contributed by atoms with E-state index in [0.717, 1.165) is 12.5 Å². The van der Waals surface area contributed by atoms with E-state index in [4.69, 9.17) is 4.74 Å². The average Bonchev–Trinajstić information content (AvgIpc) is 2.30. The minimum atomic E-state index is 0.501. The Hall–Kier alpha value is -0.0800. The molecular formula is C14H27NO. The molecule has 0 aromatic rings. The highest BCUT2D eigenvalue weighted by molar-refractivity contribution is 4.95. The maximum absolute atomic E-state index is 5.94. The summed E-state index contributed by atoms with van der Waals surface area (Å²) in [5.41, 5.74) is 0.590. The van der Waals surface area contributed by atoms with E-state index in [1.54, 1.807) is 0 Å². The highest BCUT2D eigenvalue weighted by Gasteiger charge is 2.44. The maximum Gasteiger partial charge on any atom is 0.0603 e. The van der Waals surface area contributed by atoms with Gasteiger partial charge in [0.05, 0.1) is 6.10 Å². The van der Waals surface area contributed by atoms with Crippen molar-refractivity contribution in [3.63, 3.8) is 0 Å². The standard InChI is InChI=1S/C14H27NO/c1-4-12-10-15-7-5-14(12)6-8-16-13(9-14)11(2)3/h11-13,15H,4-10H2,1-3H3. The van der Waals surface area contributed by atoms with Gasteiger partial charge in [-0.15, -0.1) is 0 Å². The van der Waals surface area contributed by atoms with Crippen molar-refractivity contribution in [1.82, 2.24) is 5.32 Å². The highest BCUT2D eigenvalue weighted by atomic mass is 16.5. The lowest BCUT2D eigenvalue weighted by molar-refractivity contribution is -0.0995. The Kier molecular flexibility index (Phi) is 3.91. The van der Waals surface area contributed by atoms with Gasteiger partial charge in [-0.05, 0) is 49.6 Å². The summed E-state index contributed by atoms with van der Waals surface area (Å²) in [4.78, 5) is 0. The summed E-state index contributed by atoms with van der Waals surface area (Å²) in [6, 6.07) is 0. The number of rotatable bonds is 2. The van der Waals surface area contributed by atoms with Gasteiger partial charge in [0.15, 0.2) is 0 Å². The third-order valence-electron chi connectivity index (χ3n) is 4.83. The van der Waals surface area contributed by atoms with Crippen LogP contribution in [0, 0.1) is 17.3 Å². The molecule has 2 aliphatic rings. The van der Waals surface area contributed by atoms with Crippen molar-refractivity contribution in [1.29, 1.82) is 0 Å². The number of piperidine rings is 1. The fourth-order valence-electron chi connectivity index (χ4n) is 3.61. The molecule has 0 aliphatic carbocycles. The predicted molar refractivity (Wildman–Crippen MR) is 67.5 cm³/mol. The van der Waals surface area contributed by atoms with Crippen LogP contribution in [0.15, 0.2) is 0 Å². The second-order valence-corrected chi connectivity index (χ2v) is 6.03. The normalized spacial score (nSPS) is 40.5. The Morgan fingerprint density at radius 3 is 2.88 bits per heavy atom. The zero-order valence-electron chi connectivity index (χ0n) is 11.1. The SMILES string of the molecule is CCC1CNCCC12CCOC(C(C)C)C2. The van der Waals surface area contributed by atoms with Crippen LogP contribution < -0.4 is 5.32 Å². The van der Waals surface area contributed by atoms with Crippen LogP contribution >= 0.6 is 0 Å². The van der Waals surface area contributed by atoms with Crippen LogP contribution in [0.5, 0.6) is 0 Å². The van der Waals surface area contributed by atoms with Gasteiger partial charge < -0.3 is 10.1 Å². The Balaban J connectivity index is 2.09. The zero-order chi connectivity index (χ0) is 11.6. The molecule has 0 bridgehead atoms. The molecule has 2 rings (SSSR count). The van der Waals surface area contributed by atoms with Gasteiger partial charge in [-0.1, -0.05) is 27.2 Å². The van der Waals surface area contributed by atoms with Crippen LogP contribution in [-0.2, 0) is 4.74 Å². The zero-order valence-corrected chi connectivity index (χ0v) is 11.1. The quantitative estimate of drug-likeness (QED) is 0.780. The van der Waals surface area contributed by atoms with Crippen molar-refractivity contribution >= 4 is 0 Å². The van der Waals surface area contributed by atoms with Gasteiger partial charge in [0.2, 0.25) is 0 Å². The fourth-order valence-corrected chi connectivity index (χ4v) is 3.61. The Morgan fingerprint density at radius 1 is 1.38 bits per heavy atom. The third kappa shape index (κ3) is 2.28. The number of nitrogens with one attached hydrogen (secondary N) is 1. The molecule has 2 heteroatoms. The minimum Gasteiger partial charge on any atom is -0.378 e. The molecule has 2 heterocycles. The summed E-state index contributed by atoms with van der Waals surface area (Å²) in [6.07, 6.45) is 5.76. The second kappa shape index (κ2) is 5.05. The van der Waals surface area contributed by atoms with Crippen molar-refractivity contribution in [2.45, 2.75) is 52.6 Å². The van der Waals surface area contributed by atoms with Crippen LogP contribution in [0.2, 0.25) is 0 Å². The van der Waals surface area contributed by atoms with Gasteiger partial charge in [0.25, 0.3) is 0 Å². The van der Waals surface area contributed by atoms with E-state index in [1.165, 1.54) is 38.8 Å². The smallest absolute Gasteiger partial charge is 0.0603 e. The van der Waals surface area contributed by atoms with Crippen LogP contribution in [0.25, 0.3) is 0 Å². The largest absolute Gasteiger partial charge is 0.378 e. The Labute approximate surface area is 100 Å². The molecular weight excluding hydrogens is 198 g/mol. The molecule has 16 heavy (non-hydrogen) atoms. The van der Waals surface area contributed by atoms with Crippen molar-refractivity contribution in [3.8, 4) is 0 Å². The van der Waals surface area contributed by atoms with Crippen molar-refractivity contribution in [3.05, 3.63) is 0 Å². The van der Waals surface area contributed by atoms with Gasteiger partial charge in [0.1, 0.15) is 0 Å². The van der Waals surface area contributed by atoms with Gasteiger partial charge >= 0.3 is 0 Å². The van der Waals surface area contributed by atoms with Crippen molar-refractivity contribution in [2.24, 2.45) is 17.3 Å². The highest BCUT2D eigenvalue weighted by Crippen LogP contribution is 2.47. The topological polar surface area (TPSA) is 21.3 Å². The van der Waals surface area contributed by atoms with Gasteiger partial charge in [-0.3, -0.25) is 0 Å². The summed E-state index contributed by atoms with van der Waals surface area (Å²) in [7, 11) is 0. The van der Waals surface area contributed by atoms with E-state index >= 15 is 0 Å². The van der Waals surface area contributed by atoms with Crippen LogP contribution in [0.3, 0.4) is 0 Å². The van der Waals surface area contributed by atoms with Crippen LogP contribution in [0.1, 0.15) is 46.5 Å². The summed E-state index contributed by atoms with van der Waals surface area (Å²) >= 11 is 0. The molecule has 2 saturated heterocycles. The summed E-state index contributed by atoms with van der Waals surface area (Å²) in [6.45, 7) is 10.4. The molecule has 94 valence electrons. The fraction of sp³-hybridized carbons (Fsp3) is 1.00. The summed E-state index contributed by atoms with van der Waals surface area (Å²) in [5.74, 6) is 1.54. The average molecular weight is 225 g/mol. The molecule has 0 radical (unpaired) electrons. The lowest BCUT2D eigenvalue weighted by Gasteiger charge is -2.50. The lowest BCUT2D eigenvalue weighted by atomic mass is 9.63. The monoisotopic (exact) mass is 225 g/mol. The molecule has 0 aromatic carbocycles. The first-order valence-electron chi connectivity index (χ1n) is 7.00. The van der Waals surface area contributed by atoms with Gasteiger partial charge in [-0.25, -0.2) is 0 Å². The third-order valence-corrected chi connectivity index (χ3v) is 4.83. The van der Waals surface area contributed by atoms with E-state index < -0.39 is 0 Å². The number of ether oxygens (including phenoxy) is 1. The van der Waals surface area contributed by atoms with E-state index in [0.29, 0.717) is 17.4 Å². The first-order valence-corrected chi connectivity index (χ1v) is 7.00. The van der Waals surface area contributed by atoms with Crippen molar-refractivity contribution < 1.29 is 4.74 Å². The molecule has 3 unspecified atom stereocenters. The molecule has 1 N–H and O–H groups in total. The molecule has 2 fully saturated rings. The Bertz CT molecular complexity index is 225. The van der Waals surface area contributed by atoms with Gasteiger partial charge in [0, 0.05) is 6.61 Å². The van der Waals surface area contributed by atoms with Gasteiger partial charge in [-0.2, -0.15) is 0 Å². The molecule has 2 aliphatic heterocycles. The molecule has 3 atom stereocenters. The maximum atomic E-state index is 5.94. The molecule has 0 saturated carbocycles. The Morgan fingerprint density at radius 2 is 2.19 bits per heavy atom. The molecule has 0 amide bonds. The van der Waals surface area contributed by atoms with E-state index in [-0.39, 0.29) is 0 Å². The second-order valence-electron chi connectivity index (χ2n) is 6.03.